The zero-order chi connectivity index (χ0) is 13.3. The average molecular weight is 249 g/mol. The number of rotatable bonds is 2. The molecule has 18 heavy (non-hydrogen) atoms. The molecule has 0 N–H and O–H groups in total. The number of piperidine rings is 1. The van der Waals surface area contributed by atoms with Gasteiger partial charge in [0.05, 0.1) is 11.4 Å². The van der Waals surface area contributed by atoms with E-state index in [2.05, 4.69) is 15.2 Å². The summed E-state index contributed by atoms with van der Waals surface area (Å²) in [6.07, 6.45) is 1.43. The van der Waals surface area contributed by atoms with E-state index in [-0.39, 0.29) is 11.9 Å². The number of hydrogen-bond acceptors (Lipinski definition) is 5. The molecule has 6 heteroatoms. The van der Waals surface area contributed by atoms with Crippen molar-refractivity contribution in [3.8, 4) is 0 Å². The van der Waals surface area contributed by atoms with E-state index in [0.29, 0.717) is 18.9 Å². The van der Waals surface area contributed by atoms with Crippen LogP contribution in [0.2, 0.25) is 0 Å². The van der Waals surface area contributed by atoms with Gasteiger partial charge in [0.2, 0.25) is 11.9 Å². The molecule has 0 aliphatic carbocycles. The van der Waals surface area contributed by atoms with Crippen molar-refractivity contribution in [3.63, 3.8) is 0 Å². The molecular weight excluding hydrogens is 230 g/mol. The quantitative estimate of drug-likeness (QED) is 0.765. The Balaban J connectivity index is 2.13. The van der Waals surface area contributed by atoms with Gasteiger partial charge in [-0.25, -0.2) is 4.98 Å². The molecule has 1 amide bonds. The third kappa shape index (κ3) is 2.42. The molecule has 1 saturated heterocycles. The number of likely N-dealkylation sites (N-methyl/N-ethyl adjacent to an activating group) is 2. The Hall–Kier alpha value is -1.72. The summed E-state index contributed by atoms with van der Waals surface area (Å²) in [7, 11) is 3.79. The van der Waals surface area contributed by atoms with Crippen LogP contribution in [0.25, 0.3) is 0 Å². The van der Waals surface area contributed by atoms with Gasteiger partial charge in [-0.3, -0.25) is 4.79 Å². The molecule has 2 heterocycles. The second kappa shape index (κ2) is 4.88. The first-order valence-corrected chi connectivity index (χ1v) is 6.13. The van der Waals surface area contributed by atoms with Crippen molar-refractivity contribution >= 4 is 11.9 Å². The molecule has 1 aliphatic heterocycles. The Kier molecular flexibility index (Phi) is 3.45. The molecular formula is C12H19N5O. The average Bonchev–Trinajstić information content (AvgIpc) is 2.35. The van der Waals surface area contributed by atoms with E-state index < -0.39 is 0 Å². The minimum atomic E-state index is 0.207. The molecule has 6 nitrogen and oxygen atoms in total. The Morgan fingerprint density at radius 2 is 2.00 bits per heavy atom. The first kappa shape index (κ1) is 12.7. The highest BCUT2D eigenvalue weighted by atomic mass is 16.2. The maximum absolute atomic E-state index is 11.5. The van der Waals surface area contributed by atoms with Crippen molar-refractivity contribution < 1.29 is 4.79 Å². The Morgan fingerprint density at radius 3 is 2.61 bits per heavy atom. The van der Waals surface area contributed by atoms with Crippen LogP contribution in [-0.2, 0) is 4.79 Å². The van der Waals surface area contributed by atoms with Gasteiger partial charge < -0.3 is 9.80 Å². The monoisotopic (exact) mass is 249 g/mol. The topological polar surface area (TPSA) is 62.2 Å². The molecule has 0 saturated carbocycles. The summed E-state index contributed by atoms with van der Waals surface area (Å²) in [5, 5.41) is 8.21. The van der Waals surface area contributed by atoms with Crippen LogP contribution in [0.1, 0.15) is 24.2 Å². The lowest BCUT2D eigenvalue weighted by atomic mass is 10.0. The number of aryl methyl sites for hydroxylation is 2. The highest BCUT2D eigenvalue weighted by Crippen LogP contribution is 2.18. The number of carbonyl (C=O) groups is 1. The molecule has 0 spiro atoms. The third-order valence-electron chi connectivity index (χ3n) is 3.55. The Morgan fingerprint density at radius 1 is 1.28 bits per heavy atom. The fourth-order valence-electron chi connectivity index (χ4n) is 2.06. The maximum Gasteiger partial charge on any atom is 0.245 e. The van der Waals surface area contributed by atoms with Crippen LogP contribution in [0.5, 0.6) is 0 Å². The highest BCUT2D eigenvalue weighted by Gasteiger charge is 2.27. The molecule has 0 radical (unpaired) electrons. The Labute approximate surface area is 107 Å². The summed E-state index contributed by atoms with van der Waals surface area (Å²) in [6, 6.07) is 0.261. The van der Waals surface area contributed by atoms with Crippen LogP contribution in [0.15, 0.2) is 0 Å². The van der Waals surface area contributed by atoms with Gasteiger partial charge in [0.15, 0.2) is 0 Å². The van der Waals surface area contributed by atoms with Gasteiger partial charge in [-0.15, -0.1) is 5.10 Å². The second-order valence-electron chi connectivity index (χ2n) is 4.86. The summed E-state index contributed by atoms with van der Waals surface area (Å²) in [5.74, 6) is 0.838. The summed E-state index contributed by atoms with van der Waals surface area (Å²) in [4.78, 5) is 19.7. The molecule has 0 bridgehead atoms. The minimum Gasteiger partial charge on any atom is -0.344 e. The summed E-state index contributed by atoms with van der Waals surface area (Å²) >= 11 is 0. The Bertz CT molecular complexity index is 462. The molecule has 1 aromatic rings. The largest absolute Gasteiger partial charge is 0.344 e. The highest BCUT2D eigenvalue weighted by molar-refractivity contribution is 5.77. The van der Waals surface area contributed by atoms with Crippen LogP contribution in [-0.4, -0.2) is 52.7 Å². The van der Waals surface area contributed by atoms with Crippen LogP contribution in [0.4, 0.5) is 5.95 Å². The van der Waals surface area contributed by atoms with Gasteiger partial charge in [0, 0.05) is 33.1 Å². The van der Waals surface area contributed by atoms with E-state index in [1.165, 1.54) is 0 Å². The van der Waals surface area contributed by atoms with Gasteiger partial charge in [0.1, 0.15) is 0 Å². The van der Waals surface area contributed by atoms with Crippen molar-refractivity contribution in [3.05, 3.63) is 11.4 Å². The fraction of sp³-hybridized carbons (Fsp3) is 0.667. The van der Waals surface area contributed by atoms with E-state index in [1.54, 1.807) is 4.90 Å². The zero-order valence-electron chi connectivity index (χ0n) is 11.3. The summed E-state index contributed by atoms with van der Waals surface area (Å²) in [6.45, 7) is 4.54. The van der Waals surface area contributed by atoms with Crippen LogP contribution < -0.4 is 4.90 Å². The lowest BCUT2D eigenvalue weighted by Gasteiger charge is -2.35. The van der Waals surface area contributed by atoms with Gasteiger partial charge in [-0.1, -0.05) is 0 Å². The molecule has 1 aliphatic rings. The maximum atomic E-state index is 11.5. The van der Waals surface area contributed by atoms with E-state index in [9.17, 15) is 4.79 Å². The van der Waals surface area contributed by atoms with Crippen LogP contribution in [0, 0.1) is 13.8 Å². The first-order valence-electron chi connectivity index (χ1n) is 6.13. The standard InChI is InChI=1S/C12H19N5O/c1-8-9(2)14-15-12(13-8)17(4)10-5-6-11(18)16(3)7-10/h10H,5-7H2,1-4H3. The normalized spacial score (nSPS) is 20.1. The van der Waals surface area contributed by atoms with Crippen molar-refractivity contribution in [2.75, 3.05) is 25.5 Å². The zero-order valence-corrected chi connectivity index (χ0v) is 11.3. The summed E-state index contributed by atoms with van der Waals surface area (Å²) in [5.41, 5.74) is 1.75. The number of likely N-dealkylation sites (tertiary alicyclic amines) is 1. The fourth-order valence-corrected chi connectivity index (χ4v) is 2.06. The molecule has 98 valence electrons. The smallest absolute Gasteiger partial charge is 0.245 e. The molecule has 1 atom stereocenters. The first-order chi connectivity index (χ1) is 8.49. The van der Waals surface area contributed by atoms with Crippen molar-refractivity contribution in [1.82, 2.24) is 20.1 Å². The molecule has 1 aromatic heterocycles. The van der Waals surface area contributed by atoms with E-state index in [1.807, 2.05) is 32.8 Å². The predicted octanol–water partition coefficient (Wildman–Crippen LogP) is 0.545. The number of hydrogen-bond donors (Lipinski definition) is 0. The molecule has 2 rings (SSSR count). The number of aromatic nitrogens is 3. The number of nitrogens with zero attached hydrogens (tertiary/aromatic N) is 5. The van der Waals surface area contributed by atoms with E-state index >= 15 is 0 Å². The van der Waals surface area contributed by atoms with Crippen molar-refractivity contribution in [2.24, 2.45) is 0 Å². The number of amides is 1. The van der Waals surface area contributed by atoms with Crippen molar-refractivity contribution in [1.29, 1.82) is 0 Å². The molecule has 0 aromatic carbocycles. The van der Waals surface area contributed by atoms with Crippen LogP contribution >= 0.6 is 0 Å². The van der Waals surface area contributed by atoms with E-state index in [4.69, 9.17) is 0 Å². The summed E-state index contributed by atoms with van der Waals surface area (Å²) < 4.78 is 0. The number of anilines is 1. The number of carbonyl (C=O) groups excluding carboxylic acids is 1. The molecule has 1 unspecified atom stereocenters. The predicted molar refractivity (Wildman–Crippen MR) is 68.4 cm³/mol. The lowest BCUT2D eigenvalue weighted by Crippen LogP contribution is -2.48. The SMILES string of the molecule is Cc1nnc(N(C)C2CCC(=O)N(C)C2)nc1C. The second-order valence-corrected chi connectivity index (χ2v) is 4.86. The van der Waals surface area contributed by atoms with Gasteiger partial charge in [-0.2, -0.15) is 5.10 Å². The van der Waals surface area contributed by atoms with E-state index in [0.717, 1.165) is 17.8 Å². The van der Waals surface area contributed by atoms with Gasteiger partial charge >= 0.3 is 0 Å². The lowest BCUT2D eigenvalue weighted by molar-refractivity contribution is -0.132. The minimum absolute atomic E-state index is 0.207. The van der Waals surface area contributed by atoms with Crippen molar-refractivity contribution in [2.45, 2.75) is 32.7 Å². The van der Waals surface area contributed by atoms with Gasteiger partial charge in [0.25, 0.3) is 0 Å². The van der Waals surface area contributed by atoms with Crippen LogP contribution in [0.3, 0.4) is 0 Å². The molecule has 1 fully saturated rings. The van der Waals surface area contributed by atoms with Gasteiger partial charge in [-0.05, 0) is 20.3 Å². The third-order valence-corrected chi connectivity index (χ3v) is 3.55.